The Hall–Kier alpha value is -4.73. The number of thiazole rings is 1. The maximum absolute atomic E-state index is 14.1. The van der Waals surface area contributed by atoms with Gasteiger partial charge in [-0.2, -0.15) is 0 Å². The van der Waals surface area contributed by atoms with E-state index in [1.54, 1.807) is 38.2 Å². The molecule has 2 heterocycles. The third-order valence-corrected chi connectivity index (χ3v) is 11.5. The molecule has 1 aliphatic heterocycles. The third kappa shape index (κ3) is 15.6. The zero-order valence-corrected chi connectivity index (χ0v) is 38.2. The molecule has 0 spiro atoms. The molecule has 14 nitrogen and oxygen atoms in total. The number of aryl methyl sites for hydroxylation is 2. The van der Waals surface area contributed by atoms with Crippen LogP contribution >= 0.6 is 22.9 Å². The number of aliphatic hydroxyl groups excluding tert-OH is 1. The summed E-state index contributed by atoms with van der Waals surface area (Å²) in [6, 6.07) is 10.6. The summed E-state index contributed by atoms with van der Waals surface area (Å²) in [6.45, 7) is 14.7. The number of primary amides is 1. The monoisotopic (exact) mass is 882 g/mol. The molecule has 0 unspecified atom stereocenters. The highest BCUT2D eigenvalue weighted by molar-refractivity contribution is 7.13. The molecule has 1 aliphatic rings. The number of hydrogen-bond donors (Lipinski definition) is 5. The van der Waals surface area contributed by atoms with Crippen LogP contribution in [0.3, 0.4) is 0 Å². The summed E-state index contributed by atoms with van der Waals surface area (Å²) in [7, 11) is 0. The molecule has 0 bridgehead atoms. The number of likely N-dealkylation sites (tertiary alicyclic amines) is 1. The molecule has 6 N–H and O–H groups in total. The van der Waals surface area contributed by atoms with Crippen LogP contribution in [0.2, 0.25) is 5.02 Å². The van der Waals surface area contributed by atoms with Gasteiger partial charge in [-0.05, 0) is 101 Å². The normalized spacial score (nSPS) is 16.9. The summed E-state index contributed by atoms with van der Waals surface area (Å²) in [5, 5.41) is 19.8. The number of ether oxygens (including phenoxy) is 2. The Balaban J connectivity index is 1.27. The van der Waals surface area contributed by atoms with E-state index in [9.17, 15) is 29.1 Å². The number of carbonyl (C=O) groups is 5. The van der Waals surface area contributed by atoms with Crippen molar-refractivity contribution < 1.29 is 38.6 Å². The fourth-order valence-electron chi connectivity index (χ4n) is 7.07. The van der Waals surface area contributed by atoms with E-state index in [0.717, 1.165) is 40.1 Å². The van der Waals surface area contributed by atoms with E-state index < -0.39 is 53.2 Å². The number of halogens is 1. The van der Waals surface area contributed by atoms with E-state index in [1.165, 1.54) is 4.90 Å². The molecule has 334 valence electrons. The first-order chi connectivity index (χ1) is 28.6. The number of carbonyl (C=O) groups excluding carboxylic acids is 5. The number of nitrogens with zero attached hydrogens (tertiary/aromatic N) is 2. The van der Waals surface area contributed by atoms with E-state index in [4.69, 9.17) is 26.8 Å². The highest BCUT2D eigenvalue weighted by atomic mass is 35.5. The van der Waals surface area contributed by atoms with Gasteiger partial charge in [-0.1, -0.05) is 63.1 Å². The van der Waals surface area contributed by atoms with Crippen LogP contribution < -0.4 is 26.4 Å². The molecule has 1 saturated heterocycles. The van der Waals surface area contributed by atoms with Gasteiger partial charge in [0, 0.05) is 30.8 Å². The lowest BCUT2D eigenvalue weighted by Crippen LogP contribution is -2.57. The second-order valence-corrected chi connectivity index (χ2v) is 19.2. The predicted molar refractivity (Wildman–Crippen MR) is 237 cm³/mol. The molecule has 4 rings (SSSR count). The molecule has 3 aromatic rings. The lowest BCUT2D eigenvalue weighted by atomic mass is 9.85. The fraction of sp³-hybridized carbons (Fsp3) is 0.556. The molecule has 1 fully saturated rings. The van der Waals surface area contributed by atoms with Gasteiger partial charge in [0.15, 0.2) is 0 Å². The second kappa shape index (κ2) is 21.9. The quantitative estimate of drug-likeness (QED) is 0.0805. The number of aliphatic hydroxyl groups is 1. The van der Waals surface area contributed by atoms with Crippen LogP contribution in [0, 0.1) is 12.3 Å². The topological polar surface area (TPSA) is 202 Å². The number of benzene rings is 2. The summed E-state index contributed by atoms with van der Waals surface area (Å²) in [5.74, 6) is -1.04. The zero-order chi connectivity index (χ0) is 45.1. The molecule has 0 aliphatic carbocycles. The van der Waals surface area contributed by atoms with Gasteiger partial charge in [-0.15, -0.1) is 11.3 Å². The van der Waals surface area contributed by atoms with E-state index in [1.807, 2.05) is 76.5 Å². The van der Waals surface area contributed by atoms with Gasteiger partial charge in [0.1, 0.15) is 30.0 Å². The molecule has 16 heteroatoms. The zero-order valence-electron chi connectivity index (χ0n) is 36.6. The van der Waals surface area contributed by atoms with Gasteiger partial charge in [0.2, 0.25) is 23.6 Å². The number of nitrogens with two attached hydrogens (primary N) is 1. The number of alkyl carbamates (subject to hydrolysis) is 1. The molecular formula is C45H63ClN6O8S. The minimum Gasteiger partial charge on any atom is -0.491 e. The average molecular weight is 884 g/mol. The third-order valence-electron chi connectivity index (χ3n) is 10.3. The van der Waals surface area contributed by atoms with Crippen molar-refractivity contribution in [2.75, 3.05) is 13.2 Å². The standard InChI is InChI=1S/C45H63ClN6O8S/c1-27(30-14-16-31(17-15-30)39-28(2)48-26-61-39)49-41(56)36-23-34(53)24-52(36)42(57)40(44(3,4)5)51-38(55)13-11-9-10-12-29-20-32(46)22-35(21-29)59-25-33(18-19-37(47)54)50-43(58)60-45(6,7)8/h14-17,20-22,26-27,33-34,36,40,53H,9-13,18-19,23-25H2,1-8H3,(H2,47,54)(H,49,56)(H,50,58)(H,51,55)/t27-,33-,34+,36-,40+/m0/s1. The first-order valence-electron chi connectivity index (χ1n) is 20.9. The number of unbranched alkanes of at least 4 members (excludes halogenated alkanes) is 2. The van der Waals surface area contributed by atoms with Gasteiger partial charge in [-0.25, -0.2) is 9.78 Å². The van der Waals surface area contributed by atoms with Gasteiger partial charge in [-0.3, -0.25) is 19.2 Å². The summed E-state index contributed by atoms with van der Waals surface area (Å²) < 4.78 is 11.3. The van der Waals surface area contributed by atoms with Gasteiger partial charge in [0.05, 0.1) is 34.3 Å². The minimum absolute atomic E-state index is 0.00818. The van der Waals surface area contributed by atoms with E-state index in [2.05, 4.69) is 20.9 Å². The van der Waals surface area contributed by atoms with Crippen molar-refractivity contribution >= 4 is 52.7 Å². The highest BCUT2D eigenvalue weighted by Gasteiger charge is 2.44. The summed E-state index contributed by atoms with van der Waals surface area (Å²) in [6.07, 6.45) is 1.86. The maximum Gasteiger partial charge on any atom is 0.407 e. The van der Waals surface area contributed by atoms with Crippen LogP contribution in [0.25, 0.3) is 10.4 Å². The predicted octanol–water partition coefficient (Wildman–Crippen LogP) is 6.78. The molecule has 5 atom stereocenters. The Kier molecular flexibility index (Phi) is 17.5. The van der Waals surface area contributed by atoms with Gasteiger partial charge >= 0.3 is 6.09 Å². The largest absolute Gasteiger partial charge is 0.491 e. The van der Waals surface area contributed by atoms with Crippen molar-refractivity contribution in [1.29, 1.82) is 0 Å². The first kappa shape index (κ1) is 48.9. The minimum atomic E-state index is -0.916. The molecule has 1 aromatic heterocycles. The molecule has 61 heavy (non-hydrogen) atoms. The summed E-state index contributed by atoms with van der Waals surface area (Å²) >= 11 is 7.99. The van der Waals surface area contributed by atoms with Crippen LogP contribution in [0.15, 0.2) is 48.0 Å². The van der Waals surface area contributed by atoms with Crippen LogP contribution in [-0.2, 0) is 30.3 Å². The highest BCUT2D eigenvalue weighted by Crippen LogP contribution is 2.30. The van der Waals surface area contributed by atoms with Crippen LogP contribution in [-0.4, -0.2) is 87.7 Å². The summed E-state index contributed by atoms with van der Waals surface area (Å²) in [4.78, 5) is 71.7. The van der Waals surface area contributed by atoms with E-state index >= 15 is 0 Å². The Labute approximate surface area is 368 Å². The van der Waals surface area contributed by atoms with Crippen molar-refractivity contribution in [3.05, 3.63) is 69.8 Å². The van der Waals surface area contributed by atoms with Gasteiger partial charge in [0.25, 0.3) is 0 Å². The Bertz CT molecular complexity index is 1980. The molecule has 0 saturated carbocycles. The smallest absolute Gasteiger partial charge is 0.407 e. The lowest BCUT2D eigenvalue weighted by molar-refractivity contribution is -0.144. The van der Waals surface area contributed by atoms with E-state index in [0.29, 0.717) is 23.6 Å². The van der Waals surface area contributed by atoms with Crippen molar-refractivity contribution in [1.82, 2.24) is 25.8 Å². The first-order valence-corrected chi connectivity index (χ1v) is 22.1. The van der Waals surface area contributed by atoms with Gasteiger partial charge < -0.3 is 41.2 Å². The van der Waals surface area contributed by atoms with Crippen molar-refractivity contribution in [3.8, 4) is 16.2 Å². The SMILES string of the molecule is Cc1ncsc1-c1ccc([C@H](C)NC(=O)[C@@H]2C[C@@H](O)CN2C(=O)[C@@H](NC(=O)CCCCCc2cc(Cl)cc(OC[C@H](CCC(N)=O)NC(=O)OC(C)(C)C)c2)C(C)(C)C)cc1. The number of β-amino-alcohol motifs (C(OH)–C–C–N with tert-alkyl or cyclic N) is 1. The number of aromatic nitrogens is 1. The Morgan fingerprint density at radius 2 is 1.69 bits per heavy atom. The number of rotatable bonds is 19. The Morgan fingerprint density at radius 1 is 0.984 bits per heavy atom. The molecular weight excluding hydrogens is 820 g/mol. The molecule has 2 aromatic carbocycles. The van der Waals surface area contributed by atoms with Crippen LogP contribution in [0.1, 0.15) is 116 Å². The lowest BCUT2D eigenvalue weighted by Gasteiger charge is -2.35. The molecule has 0 radical (unpaired) electrons. The second-order valence-electron chi connectivity index (χ2n) is 17.9. The van der Waals surface area contributed by atoms with E-state index in [-0.39, 0.29) is 56.7 Å². The Morgan fingerprint density at radius 3 is 2.31 bits per heavy atom. The van der Waals surface area contributed by atoms with Crippen LogP contribution in [0.4, 0.5) is 4.79 Å². The summed E-state index contributed by atoms with van der Waals surface area (Å²) in [5.41, 5.74) is 9.62. The number of hydrogen-bond acceptors (Lipinski definition) is 10. The fourth-order valence-corrected chi connectivity index (χ4v) is 8.13. The van der Waals surface area contributed by atoms with Crippen molar-refractivity contribution in [2.24, 2.45) is 11.1 Å². The van der Waals surface area contributed by atoms with Crippen molar-refractivity contribution in [3.63, 3.8) is 0 Å². The van der Waals surface area contributed by atoms with Crippen molar-refractivity contribution in [2.45, 2.75) is 143 Å². The molecule has 5 amide bonds. The number of amides is 5. The average Bonchev–Trinajstić information content (AvgIpc) is 3.78. The maximum atomic E-state index is 14.1. The van der Waals surface area contributed by atoms with Crippen LogP contribution in [0.5, 0.6) is 5.75 Å². The number of nitrogens with one attached hydrogen (secondary N) is 3.